The molecule has 0 aromatic heterocycles. The van der Waals surface area contributed by atoms with Gasteiger partial charge >= 0.3 is 0 Å². The first-order valence-electron chi connectivity index (χ1n) is 11.0. The first-order chi connectivity index (χ1) is 16.4. The predicted octanol–water partition coefficient (Wildman–Crippen LogP) is -7.18. The van der Waals surface area contributed by atoms with Gasteiger partial charge in [-0.1, -0.05) is 0 Å². The smallest absolute Gasteiger partial charge is 0.187 e. The summed E-state index contributed by atoms with van der Waals surface area (Å²) in [5.41, 5.74) is -2.05. The molecule has 35 heavy (non-hydrogen) atoms. The molecule has 206 valence electrons. The monoisotopic (exact) mass is 518 g/mol. The molecule has 3 heterocycles. The van der Waals surface area contributed by atoms with E-state index in [0.717, 1.165) is 6.92 Å². The Balaban J connectivity index is 1.73. The summed E-state index contributed by atoms with van der Waals surface area (Å²) in [6.45, 7) is -1.23. The highest BCUT2D eigenvalue weighted by Gasteiger charge is 2.55. The van der Waals surface area contributed by atoms with Crippen molar-refractivity contribution in [3.05, 3.63) is 0 Å². The van der Waals surface area contributed by atoms with Crippen LogP contribution >= 0.6 is 0 Å². The van der Waals surface area contributed by atoms with Gasteiger partial charge in [0.15, 0.2) is 18.9 Å². The molecule has 3 saturated heterocycles. The fourth-order valence-corrected chi connectivity index (χ4v) is 4.28. The fraction of sp³-hybridized carbons (Fsp3) is 1.00. The Kier molecular flexibility index (Phi) is 9.42. The topological polar surface area (TPSA) is 269 Å². The van der Waals surface area contributed by atoms with E-state index in [1.54, 1.807) is 0 Å². The summed E-state index contributed by atoms with van der Waals surface area (Å²) < 4.78 is 26.6. The maximum absolute atomic E-state index is 10.7. The average molecular weight is 518 g/mol. The zero-order valence-corrected chi connectivity index (χ0v) is 18.7. The average Bonchev–Trinajstić information content (AvgIpc) is 2.83. The van der Waals surface area contributed by atoms with E-state index < -0.39 is 111 Å². The first-order valence-corrected chi connectivity index (χ1v) is 11.0. The van der Waals surface area contributed by atoms with Crippen LogP contribution in [0.1, 0.15) is 6.92 Å². The number of aliphatic hydroxyl groups is 11. The van der Waals surface area contributed by atoms with Crippen LogP contribution in [0.25, 0.3) is 0 Å². The van der Waals surface area contributed by atoms with Crippen LogP contribution in [0.3, 0.4) is 0 Å². The van der Waals surface area contributed by atoms with Crippen LogP contribution < -0.4 is 0 Å². The molecule has 0 radical (unpaired) electrons. The van der Waals surface area contributed by atoms with Gasteiger partial charge in [0.2, 0.25) is 0 Å². The van der Waals surface area contributed by atoms with Gasteiger partial charge in [0.1, 0.15) is 72.7 Å². The molecule has 0 saturated carbocycles. The molecule has 3 rings (SSSR count). The van der Waals surface area contributed by atoms with E-state index in [1.165, 1.54) is 0 Å². The number of aliphatic hydroxyl groups excluding tert-OH is 10. The molecule has 16 heteroatoms. The van der Waals surface area contributed by atoms with Crippen molar-refractivity contribution >= 4 is 0 Å². The van der Waals surface area contributed by atoms with Crippen molar-refractivity contribution in [2.75, 3.05) is 19.8 Å². The van der Waals surface area contributed by atoms with Crippen LogP contribution in [-0.4, -0.2) is 168 Å². The molecule has 3 aliphatic rings. The molecular weight excluding hydrogens is 484 g/mol. The minimum absolute atomic E-state index is 0.763. The molecular formula is C19H34O16. The van der Waals surface area contributed by atoms with Gasteiger partial charge in [-0.05, 0) is 6.92 Å². The summed E-state index contributed by atoms with van der Waals surface area (Å²) in [7, 11) is 0. The van der Waals surface area contributed by atoms with Crippen molar-refractivity contribution in [1.82, 2.24) is 0 Å². The molecule has 0 aromatic rings. The Bertz CT molecular complexity index is 673. The standard InChI is InChI=1S/C19H34O16/c1-19(30)7(4-22)33-18(12(27)15(19)28)35-14-6(3-21)32-17(11(26)9(14)24)34-13-5(2-20)31-16(29)10(25)8(13)23/h5-18,20-30H,2-4H2,1H3/t5?,6?,7?,8?,9?,10?,11?,12?,13-,14-,15?,16-,17-,18-,19+/m0/s1. The van der Waals surface area contributed by atoms with E-state index in [-0.39, 0.29) is 0 Å². The van der Waals surface area contributed by atoms with Gasteiger partial charge in [0.05, 0.1) is 19.8 Å². The van der Waals surface area contributed by atoms with E-state index in [9.17, 15) is 56.2 Å². The molecule has 9 unspecified atom stereocenters. The second kappa shape index (κ2) is 11.4. The molecule has 0 aliphatic carbocycles. The Hall–Kier alpha value is -0.640. The van der Waals surface area contributed by atoms with Crippen LogP contribution in [0.15, 0.2) is 0 Å². The van der Waals surface area contributed by atoms with Crippen molar-refractivity contribution in [2.45, 2.75) is 98.5 Å². The van der Waals surface area contributed by atoms with Gasteiger partial charge in [-0.15, -0.1) is 0 Å². The van der Waals surface area contributed by atoms with Crippen LogP contribution in [0.4, 0.5) is 0 Å². The van der Waals surface area contributed by atoms with Crippen LogP contribution in [0.5, 0.6) is 0 Å². The molecule has 0 amide bonds. The lowest BCUT2D eigenvalue weighted by Crippen LogP contribution is -2.68. The Labute approximate surface area is 199 Å². The van der Waals surface area contributed by atoms with Crippen molar-refractivity contribution < 1.29 is 79.9 Å². The lowest BCUT2D eigenvalue weighted by molar-refractivity contribution is -0.383. The van der Waals surface area contributed by atoms with Gasteiger partial charge in [0.25, 0.3) is 0 Å². The zero-order chi connectivity index (χ0) is 26.2. The SMILES string of the molecule is C[C@@]1(O)C(CO)O[C@@H](O[C@H]2C(CO)O[C@@H](O[C@H]3C(CO)O[C@H](O)C(O)C3O)C(O)C2O)C(O)C1O. The molecule has 0 aromatic carbocycles. The highest BCUT2D eigenvalue weighted by molar-refractivity contribution is 5.00. The summed E-state index contributed by atoms with van der Waals surface area (Å²) in [6, 6.07) is 0. The predicted molar refractivity (Wildman–Crippen MR) is 106 cm³/mol. The normalized spacial score (nSPS) is 53.5. The van der Waals surface area contributed by atoms with E-state index >= 15 is 0 Å². The molecule has 0 bridgehead atoms. The van der Waals surface area contributed by atoms with Gasteiger partial charge in [-0.25, -0.2) is 0 Å². The minimum Gasteiger partial charge on any atom is -0.394 e. The number of ether oxygens (including phenoxy) is 5. The van der Waals surface area contributed by atoms with Crippen LogP contribution in [0.2, 0.25) is 0 Å². The van der Waals surface area contributed by atoms with Crippen LogP contribution in [-0.2, 0) is 23.7 Å². The highest BCUT2D eigenvalue weighted by atomic mass is 16.8. The van der Waals surface area contributed by atoms with Crippen LogP contribution in [0, 0.1) is 0 Å². The maximum Gasteiger partial charge on any atom is 0.187 e. The Morgan fingerprint density at radius 1 is 0.629 bits per heavy atom. The van der Waals surface area contributed by atoms with Crippen molar-refractivity contribution in [2.24, 2.45) is 0 Å². The summed E-state index contributed by atoms with van der Waals surface area (Å²) in [6.07, 6.45) is -23.7. The van der Waals surface area contributed by atoms with Gasteiger partial charge < -0.3 is 79.9 Å². The Morgan fingerprint density at radius 3 is 1.63 bits per heavy atom. The van der Waals surface area contributed by atoms with Gasteiger partial charge in [-0.2, -0.15) is 0 Å². The largest absolute Gasteiger partial charge is 0.394 e. The third-order valence-corrected chi connectivity index (χ3v) is 6.56. The molecule has 11 N–H and O–H groups in total. The summed E-state index contributed by atoms with van der Waals surface area (Å²) >= 11 is 0. The molecule has 16 nitrogen and oxygen atoms in total. The molecule has 0 spiro atoms. The van der Waals surface area contributed by atoms with E-state index in [4.69, 9.17) is 23.7 Å². The van der Waals surface area contributed by atoms with Gasteiger partial charge in [-0.3, -0.25) is 0 Å². The molecule has 15 atom stereocenters. The third kappa shape index (κ3) is 5.48. The summed E-state index contributed by atoms with van der Waals surface area (Å²) in [4.78, 5) is 0. The zero-order valence-electron chi connectivity index (χ0n) is 18.7. The quantitative estimate of drug-likeness (QED) is 0.149. The van der Waals surface area contributed by atoms with E-state index in [2.05, 4.69) is 0 Å². The number of rotatable bonds is 7. The third-order valence-electron chi connectivity index (χ3n) is 6.56. The number of hydrogen-bond acceptors (Lipinski definition) is 16. The van der Waals surface area contributed by atoms with E-state index in [1.807, 2.05) is 0 Å². The fourth-order valence-electron chi connectivity index (χ4n) is 4.28. The highest BCUT2D eigenvalue weighted by Crippen LogP contribution is 2.34. The Morgan fingerprint density at radius 2 is 1.11 bits per heavy atom. The molecule has 3 fully saturated rings. The first kappa shape index (κ1) is 28.9. The van der Waals surface area contributed by atoms with Crippen molar-refractivity contribution in [1.29, 1.82) is 0 Å². The van der Waals surface area contributed by atoms with E-state index in [0.29, 0.717) is 0 Å². The van der Waals surface area contributed by atoms with Gasteiger partial charge in [0, 0.05) is 0 Å². The lowest BCUT2D eigenvalue weighted by atomic mass is 9.86. The lowest BCUT2D eigenvalue weighted by Gasteiger charge is -2.49. The van der Waals surface area contributed by atoms with Crippen molar-refractivity contribution in [3.63, 3.8) is 0 Å². The summed E-state index contributed by atoms with van der Waals surface area (Å²) in [5, 5.41) is 110. The molecule has 3 aliphatic heterocycles. The maximum atomic E-state index is 10.7. The second-order valence-corrected chi connectivity index (χ2v) is 8.97. The summed E-state index contributed by atoms with van der Waals surface area (Å²) in [5.74, 6) is 0. The van der Waals surface area contributed by atoms with Crippen molar-refractivity contribution in [3.8, 4) is 0 Å². The number of hydrogen-bond donors (Lipinski definition) is 11. The second-order valence-electron chi connectivity index (χ2n) is 8.97. The minimum atomic E-state index is -2.05.